The van der Waals surface area contributed by atoms with Crippen LogP contribution in [0.2, 0.25) is 0 Å². The lowest BCUT2D eigenvalue weighted by atomic mass is 9.34. The van der Waals surface area contributed by atoms with Gasteiger partial charge < -0.3 is 28.4 Å². The van der Waals surface area contributed by atoms with Crippen molar-refractivity contribution >= 4 is 29.8 Å². The largest absolute Gasteiger partial charge is 0.462 e. The molecule has 3 bridgehead atoms. The third kappa shape index (κ3) is 2.29. The molecule has 0 unspecified atom stereocenters. The SMILES string of the molecule is C=C1[C@@]23C(=O)O[C@H](C)[C@@]24O[C@@]2(C(=C)[C@]5(CCC(=O)OC5(C)C)C[C@@H](OC(C)=O)[C@]32C)[C@H](OC(C)=O)[C@@]1(C)OC4=O. The van der Waals surface area contributed by atoms with Gasteiger partial charge in [0.25, 0.3) is 0 Å². The maximum absolute atomic E-state index is 14.2. The standard InChI is InChI=1S/C29H34O11/c1-13-24(8)20(37-17(5)31)28-14(2)26(11-10-19(32)38-23(26,6)7)12-18(36-16(4)30)25(28,9)27(13)21(33)35-15(3)29(27,40-28)22(34)39-24/h15,18,20H,1-2,10-12H2,3-9H3/t15-,18-,20-,24+,25-,26+,27+,28+,29+/m1/s1. The molecule has 0 aromatic heterocycles. The molecule has 40 heavy (non-hydrogen) atoms. The Kier molecular flexibility index (Phi) is 4.83. The highest BCUT2D eigenvalue weighted by Gasteiger charge is 3.01. The molecular weight excluding hydrogens is 524 g/mol. The van der Waals surface area contributed by atoms with Crippen molar-refractivity contribution in [1.82, 2.24) is 0 Å². The Hall–Kier alpha value is -3.21. The summed E-state index contributed by atoms with van der Waals surface area (Å²) in [6, 6.07) is 0. The summed E-state index contributed by atoms with van der Waals surface area (Å²) >= 11 is 0. The second-order valence-electron chi connectivity index (χ2n) is 12.9. The Labute approximate surface area is 231 Å². The van der Waals surface area contributed by atoms with Gasteiger partial charge in [-0.1, -0.05) is 20.1 Å². The highest BCUT2D eigenvalue weighted by molar-refractivity contribution is 6.03. The Morgan fingerprint density at radius 3 is 2.10 bits per heavy atom. The Morgan fingerprint density at radius 2 is 1.52 bits per heavy atom. The fourth-order valence-electron chi connectivity index (χ4n) is 9.48. The van der Waals surface area contributed by atoms with Crippen LogP contribution in [0.25, 0.3) is 0 Å². The molecule has 0 amide bonds. The summed E-state index contributed by atoms with van der Waals surface area (Å²) in [5, 5.41) is 0. The number of carbonyl (C=O) groups is 5. The number of hydrogen-bond donors (Lipinski definition) is 0. The van der Waals surface area contributed by atoms with Gasteiger partial charge in [0.2, 0.25) is 5.60 Å². The zero-order valence-electron chi connectivity index (χ0n) is 23.8. The van der Waals surface area contributed by atoms with E-state index in [0.29, 0.717) is 5.57 Å². The van der Waals surface area contributed by atoms with Gasteiger partial charge in [-0.15, -0.1) is 0 Å². The smallest absolute Gasteiger partial charge is 0.345 e. The van der Waals surface area contributed by atoms with E-state index in [1.807, 2.05) is 0 Å². The first-order valence-corrected chi connectivity index (χ1v) is 13.5. The first-order chi connectivity index (χ1) is 18.4. The monoisotopic (exact) mass is 558 g/mol. The predicted octanol–water partition coefficient (Wildman–Crippen LogP) is 2.24. The van der Waals surface area contributed by atoms with Crippen molar-refractivity contribution in [1.29, 1.82) is 0 Å². The summed E-state index contributed by atoms with van der Waals surface area (Å²) < 4.78 is 36.7. The molecule has 0 radical (unpaired) electrons. The van der Waals surface area contributed by atoms with Crippen molar-refractivity contribution in [2.75, 3.05) is 0 Å². The van der Waals surface area contributed by atoms with Crippen LogP contribution in [0.4, 0.5) is 0 Å². The van der Waals surface area contributed by atoms with Crippen LogP contribution in [0.3, 0.4) is 0 Å². The lowest BCUT2D eigenvalue weighted by molar-refractivity contribution is -0.273. The molecule has 4 heterocycles. The normalized spacial score (nSPS) is 49.6. The van der Waals surface area contributed by atoms with Crippen LogP contribution >= 0.6 is 0 Å². The van der Waals surface area contributed by atoms with Crippen molar-refractivity contribution in [3.05, 3.63) is 24.3 Å². The molecule has 2 spiro atoms. The Morgan fingerprint density at radius 1 is 0.900 bits per heavy atom. The molecule has 0 aromatic carbocycles. The topological polar surface area (TPSA) is 141 Å². The van der Waals surface area contributed by atoms with E-state index in [-0.39, 0.29) is 24.8 Å². The summed E-state index contributed by atoms with van der Waals surface area (Å²) in [7, 11) is 0. The summed E-state index contributed by atoms with van der Waals surface area (Å²) in [6.45, 7) is 19.5. The van der Waals surface area contributed by atoms with Gasteiger partial charge >= 0.3 is 29.8 Å². The minimum absolute atomic E-state index is 0.0361. The highest BCUT2D eigenvalue weighted by atomic mass is 16.7. The lowest BCUT2D eigenvalue weighted by Crippen LogP contribution is -2.82. The molecule has 0 N–H and O–H groups in total. The number of carbonyl (C=O) groups excluding carboxylic acids is 5. The van der Waals surface area contributed by atoms with Crippen molar-refractivity contribution in [2.45, 2.75) is 108 Å². The molecule has 6 rings (SSSR count). The van der Waals surface area contributed by atoms with Gasteiger partial charge in [0.05, 0.1) is 5.41 Å². The van der Waals surface area contributed by atoms with Crippen molar-refractivity contribution < 1.29 is 52.4 Å². The molecule has 0 aromatic rings. The van der Waals surface area contributed by atoms with E-state index in [9.17, 15) is 24.0 Å². The molecule has 4 saturated heterocycles. The van der Waals surface area contributed by atoms with Crippen molar-refractivity contribution in [3.8, 4) is 0 Å². The van der Waals surface area contributed by atoms with Gasteiger partial charge in [-0.2, -0.15) is 0 Å². The van der Waals surface area contributed by atoms with E-state index in [0.717, 1.165) is 0 Å². The van der Waals surface area contributed by atoms with Gasteiger partial charge in [0, 0.05) is 25.7 Å². The molecule has 9 atom stereocenters. The number of esters is 5. The number of hydrogen-bond acceptors (Lipinski definition) is 11. The number of cyclic esters (lactones) is 2. The van der Waals surface area contributed by atoms with Crippen LogP contribution < -0.4 is 0 Å². The highest BCUT2D eigenvalue weighted by Crippen LogP contribution is 2.84. The quantitative estimate of drug-likeness (QED) is 0.280. The summed E-state index contributed by atoms with van der Waals surface area (Å²) in [4.78, 5) is 66.3. The number of fused-ring (bicyclic) bond motifs is 1. The van der Waals surface area contributed by atoms with Crippen LogP contribution in [-0.4, -0.2) is 70.6 Å². The Balaban J connectivity index is 1.77. The van der Waals surface area contributed by atoms with Gasteiger partial charge in [-0.25, -0.2) is 4.79 Å². The second-order valence-corrected chi connectivity index (χ2v) is 12.9. The van der Waals surface area contributed by atoms with E-state index in [1.165, 1.54) is 27.7 Å². The molecular formula is C29H34O11. The zero-order valence-corrected chi connectivity index (χ0v) is 23.8. The Bertz CT molecular complexity index is 1360. The number of ether oxygens (including phenoxy) is 6. The average molecular weight is 559 g/mol. The molecule has 11 heteroatoms. The van der Waals surface area contributed by atoms with Crippen LogP contribution in [0.5, 0.6) is 0 Å². The van der Waals surface area contributed by atoms with Crippen LogP contribution in [0, 0.1) is 16.2 Å². The minimum atomic E-state index is -2.05. The maximum Gasteiger partial charge on any atom is 0.345 e. The third-order valence-electron chi connectivity index (χ3n) is 11.2. The van der Waals surface area contributed by atoms with E-state index < -0.39 is 86.8 Å². The van der Waals surface area contributed by atoms with E-state index in [2.05, 4.69) is 13.2 Å². The molecule has 2 saturated carbocycles. The maximum atomic E-state index is 14.2. The van der Waals surface area contributed by atoms with E-state index >= 15 is 0 Å². The number of rotatable bonds is 2. The predicted molar refractivity (Wildman–Crippen MR) is 133 cm³/mol. The van der Waals surface area contributed by atoms with E-state index in [4.69, 9.17) is 28.4 Å². The molecule has 6 aliphatic rings. The minimum Gasteiger partial charge on any atom is -0.462 e. The van der Waals surface area contributed by atoms with Gasteiger partial charge in [0.15, 0.2) is 11.7 Å². The van der Waals surface area contributed by atoms with E-state index in [1.54, 1.807) is 20.8 Å². The lowest BCUT2D eigenvalue weighted by Gasteiger charge is -2.69. The zero-order chi connectivity index (χ0) is 29.6. The molecule has 2 aliphatic carbocycles. The van der Waals surface area contributed by atoms with Gasteiger partial charge in [-0.3, -0.25) is 19.2 Å². The molecule has 6 fully saturated rings. The summed E-state index contributed by atoms with van der Waals surface area (Å²) in [6.07, 6.45) is -3.27. The fourth-order valence-corrected chi connectivity index (χ4v) is 9.48. The summed E-state index contributed by atoms with van der Waals surface area (Å²) in [5.74, 6) is -3.39. The third-order valence-corrected chi connectivity index (χ3v) is 11.2. The first kappa shape index (κ1) is 27.0. The van der Waals surface area contributed by atoms with Crippen molar-refractivity contribution in [3.63, 3.8) is 0 Å². The van der Waals surface area contributed by atoms with Crippen LogP contribution in [0.1, 0.15) is 67.7 Å². The van der Waals surface area contributed by atoms with Gasteiger partial charge in [-0.05, 0) is 51.7 Å². The first-order valence-electron chi connectivity index (χ1n) is 13.5. The van der Waals surface area contributed by atoms with Gasteiger partial charge in [0.1, 0.15) is 28.8 Å². The molecule has 216 valence electrons. The average Bonchev–Trinajstić information content (AvgIpc) is 3.14. The second kappa shape index (κ2) is 7.16. The van der Waals surface area contributed by atoms with Crippen LogP contribution in [0.15, 0.2) is 24.3 Å². The fraction of sp³-hybridized carbons (Fsp3) is 0.690. The summed E-state index contributed by atoms with van der Waals surface area (Å²) in [5.41, 5.74) is -10.9. The molecule has 11 nitrogen and oxygen atoms in total. The van der Waals surface area contributed by atoms with Crippen LogP contribution in [-0.2, 0) is 52.4 Å². The van der Waals surface area contributed by atoms with Crippen molar-refractivity contribution in [2.24, 2.45) is 16.2 Å². The molecule has 4 aliphatic heterocycles.